The van der Waals surface area contributed by atoms with Crippen molar-refractivity contribution in [1.82, 2.24) is 4.98 Å². The van der Waals surface area contributed by atoms with Gasteiger partial charge in [0.2, 0.25) is 0 Å². The van der Waals surface area contributed by atoms with Crippen LogP contribution in [-0.4, -0.2) is 10.8 Å². The van der Waals surface area contributed by atoms with Crippen LogP contribution in [0.5, 0.6) is 0 Å². The van der Waals surface area contributed by atoms with Crippen LogP contribution in [0.2, 0.25) is 0 Å². The number of carbonyl (C=O) groups is 1. The first-order valence-corrected chi connectivity index (χ1v) is 4.57. The van der Waals surface area contributed by atoms with Gasteiger partial charge in [-0.2, -0.15) is 0 Å². The van der Waals surface area contributed by atoms with Crippen molar-refractivity contribution in [2.75, 3.05) is 0 Å². The Bertz CT molecular complexity index is 252. The molecule has 0 aliphatic rings. The molecule has 0 saturated heterocycles. The molecule has 72 valence electrons. The number of hydrogen-bond donors (Lipinski definition) is 0. The smallest absolute Gasteiger partial charge is 0.180 e. The zero-order chi connectivity index (χ0) is 9.68. The minimum atomic E-state index is 0.298. The quantitative estimate of drug-likeness (QED) is 0.699. The van der Waals surface area contributed by atoms with E-state index in [-0.39, 0.29) is 0 Å². The van der Waals surface area contributed by atoms with Gasteiger partial charge in [0.25, 0.3) is 0 Å². The Balaban J connectivity index is 2.23. The van der Waals surface area contributed by atoms with Gasteiger partial charge in [-0.25, -0.2) is 4.98 Å². The molecular weight excluding hydrogens is 166 g/mol. The first kappa shape index (κ1) is 9.96. The molecule has 0 unspecified atom stereocenters. The molecular formula is C10H15NO2. The highest BCUT2D eigenvalue weighted by atomic mass is 16.3. The Kier molecular flexibility index (Phi) is 3.68. The van der Waals surface area contributed by atoms with Crippen LogP contribution in [0.1, 0.15) is 32.4 Å². The van der Waals surface area contributed by atoms with Crippen molar-refractivity contribution >= 4 is 5.78 Å². The van der Waals surface area contributed by atoms with E-state index >= 15 is 0 Å². The highest BCUT2D eigenvalue weighted by Crippen LogP contribution is 2.06. The predicted octanol–water partition coefficient (Wildman–Crippen LogP) is 2.22. The summed E-state index contributed by atoms with van der Waals surface area (Å²) in [6, 6.07) is 0. The van der Waals surface area contributed by atoms with Crippen LogP contribution < -0.4 is 0 Å². The minimum Gasteiger partial charge on any atom is -0.449 e. The summed E-state index contributed by atoms with van der Waals surface area (Å²) in [6.07, 6.45) is 4.94. The van der Waals surface area contributed by atoms with Gasteiger partial charge >= 0.3 is 0 Å². The molecule has 1 aromatic heterocycles. The van der Waals surface area contributed by atoms with E-state index < -0.39 is 0 Å². The Morgan fingerprint density at radius 2 is 2.38 bits per heavy atom. The number of rotatable bonds is 5. The molecule has 3 nitrogen and oxygen atoms in total. The molecule has 3 heteroatoms. The summed E-state index contributed by atoms with van der Waals surface area (Å²) < 4.78 is 5.03. The molecule has 0 aromatic carbocycles. The number of ketones is 1. The van der Waals surface area contributed by atoms with Crippen molar-refractivity contribution < 1.29 is 9.21 Å². The van der Waals surface area contributed by atoms with Crippen molar-refractivity contribution in [3.05, 3.63) is 18.4 Å². The summed E-state index contributed by atoms with van der Waals surface area (Å²) >= 11 is 0. The lowest BCUT2D eigenvalue weighted by molar-refractivity contribution is -0.119. The van der Waals surface area contributed by atoms with Crippen molar-refractivity contribution in [2.24, 2.45) is 5.92 Å². The Labute approximate surface area is 78.2 Å². The van der Waals surface area contributed by atoms with Crippen molar-refractivity contribution in [1.29, 1.82) is 0 Å². The van der Waals surface area contributed by atoms with Crippen LogP contribution in [0.4, 0.5) is 0 Å². The normalized spacial score (nSPS) is 10.7. The van der Waals surface area contributed by atoms with Gasteiger partial charge in [-0.05, 0) is 5.92 Å². The van der Waals surface area contributed by atoms with Crippen LogP contribution >= 0.6 is 0 Å². The SMILES string of the molecule is CC(C)CC(=O)CCc1cnco1. The lowest BCUT2D eigenvalue weighted by atomic mass is 10.0. The third-order valence-electron chi connectivity index (χ3n) is 1.77. The molecule has 1 heterocycles. The molecule has 0 fully saturated rings. The molecule has 0 bridgehead atoms. The number of nitrogens with zero attached hydrogens (tertiary/aromatic N) is 1. The number of oxazole rings is 1. The Morgan fingerprint density at radius 3 is 2.92 bits per heavy atom. The second kappa shape index (κ2) is 4.80. The van der Waals surface area contributed by atoms with Crippen LogP contribution in [0.25, 0.3) is 0 Å². The van der Waals surface area contributed by atoms with E-state index in [2.05, 4.69) is 4.98 Å². The van der Waals surface area contributed by atoms with Crippen molar-refractivity contribution in [3.63, 3.8) is 0 Å². The second-order valence-corrected chi connectivity index (χ2v) is 3.60. The maximum atomic E-state index is 11.3. The van der Waals surface area contributed by atoms with E-state index in [4.69, 9.17) is 4.42 Å². The molecule has 0 aliphatic heterocycles. The van der Waals surface area contributed by atoms with Gasteiger partial charge in [0.1, 0.15) is 11.5 Å². The predicted molar refractivity (Wildman–Crippen MR) is 49.3 cm³/mol. The zero-order valence-electron chi connectivity index (χ0n) is 8.12. The number of hydrogen-bond acceptors (Lipinski definition) is 3. The van der Waals surface area contributed by atoms with Gasteiger partial charge in [-0.1, -0.05) is 13.8 Å². The fraction of sp³-hybridized carbons (Fsp3) is 0.600. The maximum Gasteiger partial charge on any atom is 0.180 e. The lowest BCUT2D eigenvalue weighted by Crippen LogP contribution is -2.03. The third-order valence-corrected chi connectivity index (χ3v) is 1.77. The number of carbonyl (C=O) groups excluding carboxylic acids is 1. The van der Waals surface area contributed by atoms with Gasteiger partial charge in [-0.3, -0.25) is 4.79 Å². The van der Waals surface area contributed by atoms with E-state index in [1.807, 2.05) is 13.8 Å². The molecule has 0 amide bonds. The van der Waals surface area contributed by atoms with Crippen LogP contribution in [0.15, 0.2) is 17.0 Å². The average molecular weight is 181 g/mol. The third kappa shape index (κ3) is 3.87. The number of Topliss-reactive ketones (excluding diaryl/α,β-unsaturated/α-hetero) is 1. The van der Waals surface area contributed by atoms with E-state index in [1.54, 1.807) is 6.20 Å². The summed E-state index contributed by atoms with van der Waals surface area (Å²) in [5.41, 5.74) is 0. The van der Waals surface area contributed by atoms with E-state index in [0.717, 1.165) is 5.76 Å². The van der Waals surface area contributed by atoms with Gasteiger partial charge in [0, 0.05) is 19.3 Å². The number of aromatic nitrogens is 1. The fourth-order valence-electron chi connectivity index (χ4n) is 1.19. The summed E-state index contributed by atoms with van der Waals surface area (Å²) in [7, 11) is 0. The fourth-order valence-corrected chi connectivity index (χ4v) is 1.19. The van der Waals surface area contributed by atoms with Gasteiger partial charge in [0.05, 0.1) is 6.20 Å². The van der Waals surface area contributed by atoms with Crippen molar-refractivity contribution in [3.8, 4) is 0 Å². The first-order chi connectivity index (χ1) is 6.18. The molecule has 0 radical (unpaired) electrons. The molecule has 0 N–H and O–H groups in total. The topological polar surface area (TPSA) is 43.1 Å². The molecule has 0 aliphatic carbocycles. The highest BCUT2D eigenvalue weighted by Gasteiger charge is 2.06. The zero-order valence-corrected chi connectivity index (χ0v) is 8.12. The molecule has 0 saturated carbocycles. The van der Waals surface area contributed by atoms with Gasteiger partial charge in [-0.15, -0.1) is 0 Å². The number of aryl methyl sites for hydroxylation is 1. The standard InChI is InChI=1S/C10H15NO2/c1-8(2)5-9(12)3-4-10-6-11-7-13-10/h6-8H,3-5H2,1-2H3. The molecule has 0 atom stereocenters. The van der Waals surface area contributed by atoms with Gasteiger partial charge in [0.15, 0.2) is 6.39 Å². The Hall–Kier alpha value is -1.12. The first-order valence-electron chi connectivity index (χ1n) is 4.57. The molecule has 1 rings (SSSR count). The Morgan fingerprint density at radius 1 is 1.62 bits per heavy atom. The lowest BCUT2D eigenvalue weighted by Gasteiger charge is -2.01. The summed E-state index contributed by atoms with van der Waals surface area (Å²) in [5, 5.41) is 0. The largest absolute Gasteiger partial charge is 0.449 e. The van der Waals surface area contributed by atoms with Crippen molar-refractivity contribution in [2.45, 2.75) is 33.1 Å². The van der Waals surface area contributed by atoms with Crippen LogP contribution in [0.3, 0.4) is 0 Å². The summed E-state index contributed by atoms with van der Waals surface area (Å²) in [4.78, 5) is 15.1. The molecule has 0 spiro atoms. The van der Waals surface area contributed by atoms with E-state index in [1.165, 1.54) is 6.39 Å². The second-order valence-electron chi connectivity index (χ2n) is 3.60. The summed E-state index contributed by atoms with van der Waals surface area (Å²) in [5.74, 6) is 1.53. The van der Waals surface area contributed by atoms with E-state index in [0.29, 0.717) is 31.0 Å². The van der Waals surface area contributed by atoms with Gasteiger partial charge < -0.3 is 4.42 Å². The van der Waals surface area contributed by atoms with Crippen LogP contribution in [-0.2, 0) is 11.2 Å². The minimum absolute atomic E-state index is 0.298. The molecule has 1 aromatic rings. The maximum absolute atomic E-state index is 11.3. The monoisotopic (exact) mass is 181 g/mol. The average Bonchev–Trinajstić information content (AvgIpc) is 2.51. The van der Waals surface area contributed by atoms with E-state index in [9.17, 15) is 4.79 Å². The highest BCUT2D eigenvalue weighted by molar-refractivity contribution is 5.78. The van der Waals surface area contributed by atoms with Crippen LogP contribution in [0, 0.1) is 5.92 Å². The molecule has 13 heavy (non-hydrogen) atoms. The summed E-state index contributed by atoms with van der Waals surface area (Å²) in [6.45, 7) is 4.10.